The summed E-state index contributed by atoms with van der Waals surface area (Å²) >= 11 is 6.38. The summed E-state index contributed by atoms with van der Waals surface area (Å²) in [5, 5.41) is 2.66. The summed E-state index contributed by atoms with van der Waals surface area (Å²) in [4.78, 5) is 12.5. The molecule has 1 N–H and O–H groups in total. The fraction of sp³-hybridized carbons (Fsp3) is 0.294. The Morgan fingerprint density at radius 2 is 2.05 bits per heavy atom. The summed E-state index contributed by atoms with van der Waals surface area (Å²) in [5.74, 6) is -0.0838. The Bertz CT molecular complexity index is 576. The van der Waals surface area contributed by atoms with Crippen LogP contribution in [0.2, 0.25) is 0 Å². The molecule has 21 heavy (non-hydrogen) atoms. The van der Waals surface area contributed by atoms with Crippen molar-refractivity contribution >= 4 is 40.3 Å². The third kappa shape index (κ3) is 5.14. The minimum Gasteiger partial charge on any atom is -0.307 e. The number of amides is 1. The molecule has 1 aromatic rings. The highest BCUT2D eigenvalue weighted by Gasteiger charge is 2.22. The normalized spacial score (nSPS) is 17.4. The van der Waals surface area contributed by atoms with Crippen LogP contribution in [0.1, 0.15) is 38.2 Å². The highest BCUT2D eigenvalue weighted by molar-refractivity contribution is 8.26. The van der Waals surface area contributed by atoms with Gasteiger partial charge in [0.1, 0.15) is 4.32 Å². The summed E-state index contributed by atoms with van der Waals surface area (Å²) in [6.45, 7) is 2.19. The number of carbonyl (C=O) groups is 1. The van der Waals surface area contributed by atoms with E-state index in [1.54, 1.807) is 0 Å². The zero-order valence-corrected chi connectivity index (χ0v) is 13.7. The van der Waals surface area contributed by atoms with E-state index >= 15 is 0 Å². The molecule has 1 aliphatic rings. The molecule has 0 aromatic heterocycles. The molecule has 0 spiro atoms. The molecule has 4 heteroatoms. The van der Waals surface area contributed by atoms with E-state index in [2.05, 4.69) is 30.4 Å². The zero-order valence-electron chi connectivity index (χ0n) is 12.1. The van der Waals surface area contributed by atoms with Gasteiger partial charge in [-0.25, -0.2) is 0 Å². The van der Waals surface area contributed by atoms with Gasteiger partial charge in [0.2, 0.25) is 0 Å². The second-order valence-electron chi connectivity index (χ2n) is 4.94. The minimum atomic E-state index is -0.0838. The number of benzene rings is 1. The second-order valence-corrected chi connectivity index (χ2v) is 6.66. The highest BCUT2D eigenvalue weighted by Crippen LogP contribution is 2.27. The van der Waals surface area contributed by atoms with Crippen molar-refractivity contribution in [3.8, 4) is 0 Å². The van der Waals surface area contributed by atoms with E-state index in [9.17, 15) is 4.79 Å². The maximum Gasteiger partial charge on any atom is 0.263 e. The lowest BCUT2D eigenvalue weighted by Gasteiger charge is -2.04. The average Bonchev–Trinajstić information content (AvgIpc) is 2.78. The SMILES string of the molecule is CCCCCC(=C/c1ccccc1)/C=C1/SC(=S)NC1=O. The molecule has 110 valence electrons. The molecular weight excluding hydrogens is 298 g/mol. The van der Waals surface area contributed by atoms with Gasteiger partial charge < -0.3 is 5.32 Å². The fourth-order valence-corrected chi connectivity index (χ4v) is 3.18. The van der Waals surface area contributed by atoms with Crippen LogP contribution in [-0.4, -0.2) is 10.2 Å². The summed E-state index contributed by atoms with van der Waals surface area (Å²) in [5.41, 5.74) is 2.34. The molecule has 0 radical (unpaired) electrons. The summed E-state index contributed by atoms with van der Waals surface area (Å²) < 4.78 is 0.541. The van der Waals surface area contributed by atoms with Crippen molar-refractivity contribution in [3.05, 3.63) is 52.4 Å². The number of nitrogens with one attached hydrogen (secondary N) is 1. The minimum absolute atomic E-state index is 0.0838. The van der Waals surface area contributed by atoms with Crippen molar-refractivity contribution in [1.82, 2.24) is 5.32 Å². The number of rotatable bonds is 6. The molecule has 1 heterocycles. The van der Waals surface area contributed by atoms with Crippen LogP contribution in [0.25, 0.3) is 6.08 Å². The van der Waals surface area contributed by atoms with Crippen molar-refractivity contribution in [2.24, 2.45) is 0 Å². The molecule has 2 rings (SSSR count). The number of allylic oxidation sites excluding steroid dienone is 2. The molecule has 0 aliphatic carbocycles. The molecule has 1 amide bonds. The lowest BCUT2D eigenvalue weighted by atomic mass is 10.0. The van der Waals surface area contributed by atoms with Gasteiger partial charge in [0.05, 0.1) is 4.91 Å². The fourth-order valence-electron chi connectivity index (χ4n) is 2.12. The molecule has 1 aliphatic heterocycles. The molecule has 0 unspecified atom stereocenters. The van der Waals surface area contributed by atoms with E-state index in [0.717, 1.165) is 18.4 Å². The first-order chi connectivity index (χ1) is 10.2. The largest absolute Gasteiger partial charge is 0.307 e. The van der Waals surface area contributed by atoms with Crippen molar-refractivity contribution < 1.29 is 4.79 Å². The maximum atomic E-state index is 11.8. The third-order valence-electron chi connectivity index (χ3n) is 3.18. The number of unbranched alkanes of at least 4 members (excludes halogenated alkanes) is 2. The number of carbonyl (C=O) groups excluding carboxylic acids is 1. The van der Waals surface area contributed by atoms with Crippen LogP contribution >= 0.6 is 24.0 Å². The van der Waals surface area contributed by atoms with Gasteiger partial charge in [0.15, 0.2) is 0 Å². The Morgan fingerprint density at radius 3 is 2.67 bits per heavy atom. The predicted molar refractivity (Wildman–Crippen MR) is 95.0 cm³/mol. The molecule has 1 fully saturated rings. The molecule has 1 aromatic carbocycles. The van der Waals surface area contributed by atoms with Gasteiger partial charge in [0.25, 0.3) is 5.91 Å². The van der Waals surface area contributed by atoms with Gasteiger partial charge >= 0.3 is 0 Å². The van der Waals surface area contributed by atoms with E-state index in [4.69, 9.17) is 12.2 Å². The Labute approximate surface area is 135 Å². The van der Waals surface area contributed by atoms with Crippen LogP contribution in [-0.2, 0) is 4.79 Å². The summed E-state index contributed by atoms with van der Waals surface area (Å²) in [6.07, 6.45) is 8.63. The molecule has 0 bridgehead atoms. The van der Waals surface area contributed by atoms with Crippen LogP contribution in [0.15, 0.2) is 46.9 Å². The zero-order chi connectivity index (χ0) is 15.1. The van der Waals surface area contributed by atoms with Crippen molar-refractivity contribution in [3.63, 3.8) is 0 Å². The van der Waals surface area contributed by atoms with Crippen LogP contribution < -0.4 is 5.32 Å². The first kappa shape index (κ1) is 16.0. The van der Waals surface area contributed by atoms with Gasteiger partial charge in [-0.2, -0.15) is 0 Å². The van der Waals surface area contributed by atoms with Gasteiger partial charge in [0, 0.05) is 0 Å². The topological polar surface area (TPSA) is 29.1 Å². The monoisotopic (exact) mass is 317 g/mol. The third-order valence-corrected chi connectivity index (χ3v) is 4.34. The molecule has 2 nitrogen and oxygen atoms in total. The van der Waals surface area contributed by atoms with Crippen LogP contribution in [0.5, 0.6) is 0 Å². The number of thiocarbonyl (C=S) groups is 1. The lowest BCUT2D eigenvalue weighted by Crippen LogP contribution is -2.17. The lowest BCUT2D eigenvalue weighted by molar-refractivity contribution is -0.115. The Hall–Kier alpha value is -1.39. The van der Waals surface area contributed by atoms with Gasteiger partial charge in [-0.3, -0.25) is 4.79 Å². The standard InChI is InChI=1S/C17H19NOS2/c1-2-3-5-10-14(11-13-8-6-4-7-9-13)12-15-16(19)18-17(20)21-15/h4,6-9,11-12H,2-3,5,10H2,1H3,(H,18,19,20)/b14-11-,15-12+. The number of hydrogen-bond acceptors (Lipinski definition) is 3. The first-order valence-electron chi connectivity index (χ1n) is 7.19. The van der Waals surface area contributed by atoms with E-state index in [0.29, 0.717) is 9.23 Å². The maximum absolute atomic E-state index is 11.8. The van der Waals surface area contributed by atoms with Crippen LogP contribution in [0, 0.1) is 0 Å². The molecule has 0 saturated carbocycles. The van der Waals surface area contributed by atoms with Gasteiger partial charge in [-0.1, -0.05) is 80.2 Å². The van der Waals surface area contributed by atoms with Crippen molar-refractivity contribution in [2.45, 2.75) is 32.6 Å². The van der Waals surface area contributed by atoms with Crippen molar-refractivity contribution in [2.75, 3.05) is 0 Å². The van der Waals surface area contributed by atoms with E-state index in [1.807, 2.05) is 24.3 Å². The first-order valence-corrected chi connectivity index (χ1v) is 8.42. The van der Waals surface area contributed by atoms with Crippen molar-refractivity contribution in [1.29, 1.82) is 0 Å². The summed E-state index contributed by atoms with van der Waals surface area (Å²) in [6, 6.07) is 10.2. The van der Waals surface area contributed by atoms with Crippen LogP contribution in [0.4, 0.5) is 0 Å². The molecule has 0 atom stereocenters. The average molecular weight is 317 g/mol. The summed E-state index contributed by atoms with van der Waals surface area (Å²) in [7, 11) is 0. The molecule has 1 saturated heterocycles. The second kappa shape index (κ2) is 8.15. The van der Waals surface area contributed by atoms with E-state index in [1.165, 1.54) is 30.2 Å². The Balaban J connectivity index is 2.20. The molecular formula is C17H19NOS2. The van der Waals surface area contributed by atoms with E-state index < -0.39 is 0 Å². The smallest absolute Gasteiger partial charge is 0.263 e. The van der Waals surface area contributed by atoms with Gasteiger partial charge in [-0.15, -0.1) is 0 Å². The van der Waals surface area contributed by atoms with Gasteiger partial charge in [-0.05, 0) is 30.1 Å². The highest BCUT2D eigenvalue weighted by atomic mass is 32.2. The predicted octanol–water partition coefficient (Wildman–Crippen LogP) is 4.68. The number of hydrogen-bond donors (Lipinski definition) is 1. The van der Waals surface area contributed by atoms with E-state index in [-0.39, 0.29) is 5.91 Å². The van der Waals surface area contributed by atoms with Crippen LogP contribution in [0.3, 0.4) is 0 Å². The Kier molecular flexibility index (Phi) is 6.21. The number of thioether (sulfide) groups is 1. The Morgan fingerprint density at radius 1 is 1.29 bits per heavy atom. The quantitative estimate of drug-likeness (QED) is 0.469.